The van der Waals surface area contributed by atoms with Crippen molar-refractivity contribution < 1.29 is 24.2 Å². The molecule has 1 aliphatic rings. The highest BCUT2D eigenvalue weighted by atomic mass is 32.2. The Bertz CT molecular complexity index is 1850. The first-order chi connectivity index (χ1) is 24.4. The number of thiazole rings is 1. The van der Waals surface area contributed by atoms with Crippen LogP contribution in [0.15, 0.2) is 101 Å². The quantitative estimate of drug-likeness (QED) is 0.0482. The second kappa shape index (κ2) is 17.6. The maximum absolute atomic E-state index is 12.8. The van der Waals surface area contributed by atoms with E-state index in [1.165, 1.54) is 0 Å². The highest BCUT2D eigenvalue weighted by Gasteiger charge is 2.32. The molecule has 0 saturated carbocycles. The summed E-state index contributed by atoms with van der Waals surface area (Å²) in [5.74, 6) is 0.598. The van der Waals surface area contributed by atoms with E-state index in [9.17, 15) is 14.7 Å². The number of carbonyl (C=O) groups excluding carboxylic acids is 2. The van der Waals surface area contributed by atoms with E-state index >= 15 is 0 Å². The summed E-state index contributed by atoms with van der Waals surface area (Å²) in [5, 5.41) is 15.4. The van der Waals surface area contributed by atoms with E-state index in [1.807, 2.05) is 78.9 Å². The molecule has 2 heterocycles. The number of aromatic nitrogens is 1. The van der Waals surface area contributed by atoms with Crippen LogP contribution in [-0.4, -0.2) is 33.8 Å². The van der Waals surface area contributed by atoms with Crippen LogP contribution in [0.1, 0.15) is 74.0 Å². The zero-order chi connectivity index (χ0) is 34.7. The van der Waals surface area contributed by atoms with Crippen molar-refractivity contribution in [1.29, 1.82) is 0 Å². The Kier molecular flexibility index (Phi) is 12.5. The maximum atomic E-state index is 12.8. The molecule has 1 aliphatic heterocycles. The van der Waals surface area contributed by atoms with Crippen molar-refractivity contribution in [2.75, 3.05) is 22.1 Å². The Hall–Kier alpha value is -4.26. The van der Waals surface area contributed by atoms with Crippen molar-refractivity contribution in [3.05, 3.63) is 114 Å². The number of hydrogen-bond donors (Lipinski definition) is 4. The normalized spacial score (nSPS) is 17.4. The number of nitrogens with one attached hydrogen (secondary N) is 2. The summed E-state index contributed by atoms with van der Waals surface area (Å²) in [6, 6.07) is 30.8. The van der Waals surface area contributed by atoms with Gasteiger partial charge in [0.2, 0.25) is 11.8 Å². The molecule has 0 aliphatic carbocycles. The number of amides is 2. The van der Waals surface area contributed by atoms with E-state index in [0.717, 1.165) is 56.9 Å². The number of aliphatic hydroxyl groups is 1. The molecule has 3 atom stereocenters. The Morgan fingerprint density at radius 1 is 0.840 bits per heavy atom. The SMILES string of the molecule is Nc1ccccc1NC(=O)CCCCCCC(=O)Nc1cccc([C@H]2O[C@@H](CSc3nc4ccccc4s3)C[C@@H](c3ccc(CO)cc3)O2)c1. The van der Waals surface area contributed by atoms with Crippen LogP contribution in [0.5, 0.6) is 0 Å². The number of ether oxygens (including phenoxy) is 2. The first-order valence-electron chi connectivity index (χ1n) is 17.0. The van der Waals surface area contributed by atoms with Crippen molar-refractivity contribution in [3.8, 4) is 0 Å². The van der Waals surface area contributed by atoms with Gasteiger partial charge < -0.3 is 30.9 Å². The molecule has 5 N–H and O–H groups in total. The first-order valence-corrected chi connectivity index (χ1v) is 18.8. The summed E-state index contributed by atoms with van der Waals surface area (Å²) in [4.78, 5) is 29.9. The zero-order valence-electron chi connectivity index (χ0n) is 27.8. The van der Waals surface area contributed by atoms with Crippen molar-refractivity contribution >= 4 is 62.2 Å². The number of benzene rings is 4. The number of hydrogen-bond acceptors (Lipinski definition) is 9. The summed E-state index contributed by atoms with van der Waals surface area (Å²) < 4.78 is 15.2. The number of nitrogen functional groups attached to an aromatic ring is 1. The maximum Gasteiger partial charge on any atom is 0.224 e. The van der Waals surface area contributed by atoms with Gasteiger partial charge in [0.15, 0.2) is 10.6 Å². The van der Waals surface area contributed by atoms with E-state index in [-0.39, 0.29) is 30.6 Å². The molecule has 260 valence electrons. The van der Waals surface area contributed by atoms with Crippen molar-refractivity contribution in [3.63, 3.8) is 0 Å². The molecule has 11 heteroatoms. The van der Waals surface area contributed by atoms with Gasteiger partial charge in [-0.25, -0.2) is 4.98 Å². The predicted molar refractivity (Wildman–Crippen MR) is 201 cm³/mol. The number of para-hydroxylation sites is 3. The molecule has 50 heavy (non-hydrogen) atoms. The second-order valence-corrected chi connectivity index (χ2v) is 14.6. The molecule has 1 aromatic heterocycles. The van der Waals surface area contributed by atoms with Gasteiger partial charge in [-0.15, -0.1) is 11.3 Å². The van der Waals surface area contributed by atoms with E-state index < -0.39 is 6.29 Å². The van der Waals surface area contributed by atoms with Crippen LogP contribution in [-0.2, 0) is 25.7 Å². The first kappa shape index (κ1) is 35.6. The Labute approximate surface area is 300 Å². The van der Waals surface area contributed by atoms with E-state index in [1.54, 1.807) is 35.2 Å². The third kappa shape index (κ3) is 9.92. The van der Waals surface area contributed by atoms with Crippen LogP contribution in [0.3, 0.4) is 0 Å². The lowest BCUT2D eigenvalue weighted by Gasteiger charge is -2.36. The predicted octanol–water partition coefficient (Wildman–Crippen LogP) is 8.63. The van der Waals surface area contributed by atoms with Gasteiger partial charge in [0, 0.05) is 36.3 Å². The summed E-state index contributed by atoms with van der Waals surface area (Å²) in [6.45, 7) is -0.0122. The van der Waals surface area contributed by atoms with Crippen molar-refractivity contribution in [1.82, 2.24) is 4.98 Å². The molecule has 0 radical (unpaired) electrons. The average Bonchev–Trinajstić information content (AvgIpc) is 3.56. The van der Waals surface area contributed by atoms with Crippen LogP contribution < -0.4 is 16.4 Å². The van der Waals surface area contributed by atoms with Gasteiger partial charge in [0.25, 0.3) is 0 Å². The Morgan fingerprint density at radius 3 is 2.34 bits per heavy atom. The van der Waals surface area contributed by atoms with Gasteiger partial charge in [-0.2, -0.15) is 0 Å². The van der Waals surface area contributed by atoms with Crippen molar-refractivity contribution in [2.24, 2.45) is 0 Å². The lowest BCUT2D eigenvalue weighted by atomic mass is 10.0. The van der Waals surface area contributed by atoms with E-state index in [2.05, 4.69) is 16.7 Å². The smallest absolute Gasteiger partial charge is 0.224 e. The Morgan fingerprint density at radius 2 is 1.58 bits per heavy atom. The lowest BCUT2D eigenvalue weighted by Crippen LogP contribution is -2.31. The number of anilines is 3. The molecule has 0 unspecified atom stereocenters. The molecule has 9 nitrogen and oxygen atoms in total. The molecule has 6 rings (SSSR count). The summed E-state index contributed by atoms with van der Waals surface area (Å²) in [5.41, 5.74) is 11.5. The van der Waals surface area contributed by atoms with E-state index in [4.69, 9.17) is 20.2 Å². The number of rotatable bonds is 15. The minimum atomic E-state index is -0.625. The number of carbonyl (C=O) groups is 2. The minimum Gasteiger partial charge on any atom is -0.397 e. The molecule has 0 bridgehead atoms. The van der Waals surface area contributed by atoms with Crippen LogP contribution in [0.2, 0.25) is 0 Å². The molecule has 0 spiro atoms. The summed E-state index contributed by atoms with van der Waals surface area (Å²) in [6.07, 6.45) is 3.75. The van der Waals surface area contributed by atoms with Gasteiger partial charge in [0.05, 0.1) is 40.4 Å². The van der Waals surface area contributed by atoms with Crippen LogP contribution in [0.4, 0.5) is 17.1 Å². The summed E-state index contributed by atoms with van der Waals surface area (Å²) in [7, 11) is 0. The molecule has 5 aromatic rings. The fourth-order valence-electron chi connectivity index (χ4n) is 5.83. The van der Waals surface area contributed by atoms with Gasteiger partial charge in [-0.3, -0.25) is 9.59 Å². The third-order valence-electron chi connectivity index (χ3n) is 8.52. The number of nitrogens with zero attached hydrogens (tertiary/aromatic N) is 1. The molecule has 2 amide bonds. The molecule has 1 fully saturated rings. The van der Waals surface area contributed by atoms with Gasteiger partial charge in [0.1, 0.15) is 0 Å². The standard InChI is InChI=1S/C39H42N4O5S2/c40-31-12-5-6-13-32(31)42-37(46)17-4-2-1-3-16-36(45)41-29-11-9-10-28(22-29)38-47-30(23-34(48-38)27-20-18-26(24-44)19-21-27)25-49-39-43-33-14-7-8-15-35(33)50-39/h5-15,18-22,30,34,38,44H,1-4,16-17,23-25,40H2,(H,41,45)(H,42,46)/t30-,34+,38+/m1/s1. The summed E-state index contributed by atoms with van der Waals surface area (Å²) >= 11 is 3.38. The second-order valence-electron chi connectivity index (χ2n) is 12.3. The highest BCUT2D eigenvalue weighted by Crippen LogP contribution is 2.40. The zero-order valence-corrected chi connectivity index (χ0v) is 29.4. The number of nitrogens with two attached hydrogens (primary N) is 1. The number of unbranched alkanes of at least 4 members (excludes halogenated alkanes) is 3. The fraction of sp³-hybridized carbons (Fsp3) is 0.308. The van der Waals surface area contributed by atoms with Gasteiger partial charge in [-0.05, 0) is 60.4 Å². The highest BCUT2D eigenvalue weighted by molar-refractivity contribution is 8.01. The molecular weight excluding hydrogens is 669 g/mol. The Balaban J connectivity index is 1.01. The fourth-order valence-corrected chi connectivity index (χ4v) is 7.95. The van der Waals surface area contributed by atoms with Crippen LogP contribution >= 0.6 is 23.1 Å². The molecule has 4 aromatic carbocycles. The van der Waals surface area contributed by atoms with Crippen molar-refractivity contribution in [2.45, 2.75) is 74.4 Å². The monoisotopic (exact) mass is 710 g/mol. The number of aliphatic hydroxyl groups excluding tert-OH is 1. The average molecular weight is 711 g/mol. The van der Waals surface area contributed by atoms with Gasteiger partial charge in [-0.1, -0.05) is 85.3 Å². The largest absolute Gasteiger partial charge is 0.397 e. The van der Waals surface area contributed by atoms with E-state index in [0.29, 0.717) is 42.1 Å². The van der Waals surface area contributed by atoms with Crippen LogP contribution in [0, 0.1) is 0 Å². The lowest BCUT2D eigenvalue weighted by molar-refractivity contribution is -0.245. The minimum absolute atomic E-state index is 0.0122. The topological polar surface area (TPSA) is 136 Å². The number of fused-ring (bicyclic) bond motifs is 1. The molecule has 1 saturated heterocycles. The number of thioether (sulfide) groups is 1. The third-order valence-corrected chi connectivity index (χ3v) is 10.8. The van der Waals surface area contributed by atoms with Crippen LogP contribution in [0.25, 0.3) is 10.2 Å². The molecular formula is C39H42N4O5S2. The van der Waals surface area contributed by atoms with Gasteiger partial charge >= 0.3 is 0 Å².